The van der Waals surface area contributed by atoms with Crippen molar-refractivity contribution >= 4 is 5.97 Å². The monoisotopic (exact) mass is 829 g/mol. The zero-order valence-corrected chi connectivity index (χ0v) is 39.1. The van der Waals surface area contributed by atoms with Gasteiger partial charge >= 0.3 is 5.97 Å². The van der Waals surface area contributed by atoms with E-state index in [0.29, 0.717) is 11.3 Å². The van der Waals surface area contributed by atoms with E-state index in [2.05, 4.69) is 54.5 Å². The molecule has 3 N–H and O–H groups in total. The first-order valence-corrected chi connectivity index (χ1v) is 25.5. The van der Waals surface area contributed by atoms with Crippen molar-refractivity contribution in [2.24, 2.45) is 52.3 Å². The number of aliphatic hydroxyl groups excluding tert-OH is 3. The first-order chi connectivity index (χ1) is 28.4. The zero-order valence-electron chi connectivity index (χ0n) is 39.1. The minimum Gasteiger partial charge on any atom is -0.456 e. The summed E-state index contributed by atoms with van der Waals surface area (Å²) < 4.78 is 18.2. The molecule has 4 fully saturated rings. The molecule has 0 radical (unpaired) electrons. The minimum absolute atomic E-state index is 0.143. The van der Waals surface area contributed by atoms with Crippen molar-refractivity contribution in [3.8, 4) is 0 Å². The van der Waals surface area contributed by atoms with Gasteiger partial charge in [0.15, 0.2) is 12.4 Å². The lowest BCUT2D eigenvalue weighted by Crippen LogP contribution is -2.61. The van der Waals surface area contributed by atoms with E-state index in [1.54, 1.807) is 0 Å². The first-order valence-electron chi connectivity index (χ1n) is 25.5. The molecule has 1 aliphatic heterocycles. The van der Waals surface area contributed by atoms with E-state index >= 15 is 0 Å². The van der Waals surface area contributed by atoms with Gasteiger partial charge < -0.3 is 29.5 Å². The Morgan fingerprint density at radius 2 is 1.46 bits per heavy atom. The minimum atomic E-state index is -1.34. The second-order valence-electron chi connectivity index (χ2n) is 21.5. The van der Waals surface area contributed by atoms with E-state index in [1.165, 1.54) is 121 Å². The highest BCUT2D eigenvalue weighted by atomic mass is 16.7. The van der Waals surface area contributed by atoms with Crippen LogP contribution >= 0.6 is 0 Å². The van der Waals surface area contributed by atoms with Gasteiger partial charge in [0.2, 0.25) is 0 Å². The van der Waals surface area contributed by atoms with Gasteiger partial charge in [-0.3, -0.25) is 4.79 Å². The molecule has 14 unspecified atom stereocenters. The summed E-state index contributed by atoms with van der Waals surface area (Å²) in [4.78, 5) is 13.0. The van der Waals surface area contributed by atoms with Crippen LogP contribution in [-0.2, 0) is 19.0 Å². The van der Waals surface area contributed by atoms with Crippen molar-refractivity contribution in [3.05, 3.63) is 11.6 Å². The fourth-order valence-corrected chi connectivity index (χ4v) is 13.6. The molecule has 0 bridgehead atoms. The third-order valence-corrected chi connectivity index (χ3v) is 17.4. The molecule has 1 saturated heterocycles. The number of carbonyl (C=O) groups is 1. The summed E-state index contributed by atoms with van der Waals surface area (Å²) in [6.07, 6.45) is 27.5. The molecule has 0 aromatic carbocycles. The van der Waals surface area contributed by atoms with Crippen molar-refractivity contribution in [3.63, 3.8) is 0 Å². The van der Waals surface area contributed by atoms with Crippen LogP contribution in [0, 0.1) is 52.3 Å². The van der Waals surface area contributed by atoms with Crippen LogP contribution in [-0.4, -0.2) is 64.7 Å². The molecule has 1 heterocycles. The summed E-state index contributed by atoms with van der Waals surface area (Å²) in [5.41, 5.74) is 2.12. The van der Waals surface area contributed by atoms with Gasteiger partial charge in [-0.15, -0.1) is 0 Å². The van der Waals surface area contributed by atoms with Gasteiger partial charge in [0.1, 0.15) is 18.3 Å². The van der Waals surface area contributed by atoms with Crippen LogP contribution in [0.5, 0.6) is 0 Å². The van der Waals surface area contributed by atoms with Crippen molar-refractivity contribution in [2.45, 2.75) is 252 Å². The standard InChI is InChI=1S/C52H92O7/c1-8-10-11-12-13-14-15-16-17-18-19-20-21-22-23-46(54)59-49-47(55)45(35-53)58-50(48(49)56)57-40-30-32-51(6)39(34-40)26-27-41-43-29-28-42(52(43,7)33-31-44(41)51)37(5)24-25-38(9-2)36(3)4/h26,36-38,40-45,47-50,53,55-56H,8-25,27-35H2,1-7H3. The summed E-state index contributed by atoms with van der Waals surface area (Å²) in [5, 5.41) is 32.5. The molecule has 342 valence electrons. The molecule has 0 amide bonds. The lowest BCUT2D eigenvalue weighted by molar-refractivity contribution is -0.314. The molecular weight excluding hydrogens is 737 g/mol. The number of allylic oxidation sites excluding steroid dienone is 1. The van der Waals surface area contributed by atoms with Crippen LogP contribution in [0.15, 0.2) is 11.6 Å². The predicted octanol–water partition coefficient (Wildman–Crippen LogP) is 12.3. The number of carbonyl (C=O) groups excluding carboxylic acids is 1. The number of esters is 1. The number of hydrogen-bond donors (Lipinski definition) is 3. The molecule has 14 atom stereocenters. The lowest BCUT2D eigenvalue weighted by Gasteiger charge is -2.58. The molecule has 5 aliphatic rings. The molecule has 3 saturated carbocycles. The van der Waals surface area contributed by atoms with Crippen molar-refractivity contribution < 1.29 is 34.3 Å². The quantitative estimate of drug-likeness (QED) is 0.0478. The third kappa shape index (κ3) is 12.4. The van der Waals surface area contributed by atoms with Gasteiger partial charge in [0.05, 0.1) is 12.7 Å². The zero-order chi connectivity index (χ0) is 42.6. The average Bonchev–Trinajstić information content (AvgIpc) is 3.58. The van der Waals surface area contributed by atoms with E-state index in [0.717, 1.165) is 80.5 Å². The number of hydrogen-bond acceptors (Lipinski definition) is 7. The maximum atomic E-state index is 13.0. The highest BCUT2D eigenvalue weighted by molar-refractivity contribution is 5.69. The molecule has 0 spiro atoms. The number of aliphatic hydroxyl groups is 3. The van der Waals surface area contributed by atoms with Crippen LogP contribution in [0.3, 0.4) is 0 Å². The SMILES string of the molecule is CCCCCCCCCCCCCCCCC(=O)OC1C(O)C(CO)OC(OC2CCC3(C)C(=CCC4C3CCC3(C)C(C(C)CCC(CC)C(C)C)CCC43)C2)C1O. The Kier molecular flexibility index (Phi) is 19.6. The number of fused-ring (bicyclic) bond motifs is 5. The van der Waals surface area contributed by atoms with Crippen LogP contribution in [0.1, 0.15) is 215 Å². The van der Waals surface area contributed by atoms with E-state index in [9.17, 15) is 20.1 Å². The second kappa shape index (κ2) is 23.6. The summed E-state index contributed by atoms with van der Waals surface area (Å²) >= 11 is 0. The largest absolute Gasteiger partial charge is 0.456 e. The number of rotatable bonds is 25. The van der Waals surface area contributed by atoms with E-state index in [1.807, 2.05) is 0 Å². The smallest absolute Gasteiger partial charge is 0.306 e. The van der Waals surface area contributed by atoms with Crippen LogP contribution < -0.4 is 0 Å². The Labute approximate surface area is 362 Å². The fourth-order valence-electron chi connectivity index (χ4n) is 13.6. The first kappa shape index (κ1) is 49.0. The van der Waals surface area contributed by atoms with Gasteiger partial charge in [-0.25, -0.2) is 0 Å². The average molecular weight is 829 g/mol. The molecule has 59 heavy (non-hydrogen) atoms. The molecule has 7 nitrogen and oxygen atoms in total. The van der Waals surface area contributed by atoms with Crippen LogP contribution in [0.25, 0.3) is 0 Å². The highest BCUT2D eigenvalue weighted by Gasteiger charge is 2.59. The second-order valence-corrected chi connectivity index (χ2v) is 21.5. The molecular formula is C52H92O7. The van der Waals surface area contributed by atoms with E-state index in [-0.39, 0.29) is 17.9 Å². The Morgan fingerprint density at radius 1 is 0.814 bits per heavy atom. The third-order valence-electron chi connectivity index (χ3n) is 17.4. The maximum Gasteiger partial charge on any atom is 0.306 e. The highest BCUT2D eigenvalue weighted by Crippen LogP contribution is 2.67. The predicted molar refractivity (Wildman–Crippen MR) is 240 cm³/mol. The Hall–Kier alpha value is -0.990. The van der Waals surface area contributed by atoms with Gasteiger partial charge in [0, 0.05) is 6.42 Å². The molecule has 5 rings (SSSR count). The summed E-state index contributed by atoms with van der Waals surface area (Å²) in [7, 11) is 0. The number of ether oxygens (including phenoxy) is 3. The summed E-state index contributed by atoms with van der Waals surface area (Å²) in [6.45, 7) is 16.8. The van der Waals surface area contributed by atoms with Gasteiger partial charge in [-0.1, -0.05) is 156 Å². The van der Waals surface area contributed by atoms with Crippen molar-refractivity contribution in [2.75, 3.05) is 6.61 Å². The normalized spacial score (nSPS) is 36.7. The van der Waals surface area contributed by atoms with Crippen molar-refractivity contribution in [1.82, 2.24) is 0 Å². The maximum absolute atomic E-state index is 13.0. The molecule has 0 aromatic rings. The Bertz CT molecular complexity index is 1270. The van der Waals surface area contributed by atoms with Crippen LogP contribution in [0.2, 0.25) is 0 Å². The van der Waals surface area contributed by atoms with Gasteiger partial charge in [0.25, 0.3) is 0 Å². The summed E-state index contributed by atoms with van der Waals surface area (Å²) in [6, 6.07) is 0. The van der Waals surface area contributed by atoms with Gasteiger partial charge in [-0.2, -0.15) is 0 Å². The van der Waals surface area contributed by atoms with Gasteiger partial charge in [-0.05, 0) is 116 Å². The van der Waals surface area contributed by atoms with E-state index in [4.69, 9.17) is 14.2 Å². The fraction of sp³-hybridized carbons (Fsp3) is 0.942. The van der Waals surface area contributed by atoms with Crippen molar-refractivity contribution in [1.29, 1.82) is 0 Å². The Morgan fingerprint density at radius 3 is 2.07 bits per heavy atom. The topological polar surface area (TPSA) is 105 Å². The molecule has 7 heteroatoms. The van der Waals surface area contributed by atoms with Crippen LogP contribution in [0.4, 0.5) is 0 Å². The molecule has 4 aliphatic carbocycles. The van der Waals surface area contributed by atoms with E-state index < -0.39 is 43.3 Å². The summed E-state index contributed by atoms with van der Waals surface area (Å²) in [5.74, 6) is 5.11. The molecule has 0 aromatic heterocycles. The Balaban J connectivity index is 1.06. The number of unbranched alkanes of at least 4 members (excludes halogenated alkanes) is 13. The lowest BCUT2D eigenvalue weighted by atomic mass is 9.47.